The fraction of sp³-hybridized carbons (Fsp3) is 0.714. The maximum Gasteiger partial charge on any atom is 0.192 e. The minimum Gasteiger partial charge on any atom is -0.411 e. The molecule has 0 rings (SSSR count). The van der Waals surface area contributed by atoms with Crippen molar-refractivity contribution >= 4 is 8.32 Å². The molecule has 0 N–H and O–H groups in total. The molecule has 1 atom stereocenters. The molecule has 0 amide bonds. The first-order valence-electron chi connectivity index (χ1n) is 5.98. The quantitative estimate of drug-likeness (QED) is 0.289. The van der Waals surface area contributed by atoms with Crippen LogP contribution < -0.4 is 0 Å². The molecular weight excluding hydrogens is 212 g/mol. The molecule has 92 valence electrons. The van der Waals surface area contributed by atoms with Crippen LogP contribution in [0.4, 0.5) is 0 Å². The summed E-state index contributed by atoms with van der Waals surface area (Å²) in [7, 11) is -1.67. The van der Waals surface area contributed by atoms with Gasteiger partial charge in [-0.25, -0.2) is 0 Å². The predicted molar refractivity (Wildman–Crippen MR) is 75.0 cm³/mol. The van der Waals surface area contributed by atoms with Crippen LogP contribution in [-0.2, 0) is 4.43 Å². The Morgan fingerprint density at radius 2 is 2.00 bits per heavy atom. The fourth-order valence-corrected chi connectivity index (χ4v) is 2.51. The molecule has 0 bridgehead atoms. The summed E-state index contributed by atoms with van der Waals surface area (Å²) in [6.45, 7) is 15.1. The van der Waals surface area contributed by atoms with E-state index < -0.39 is 8.32 Å². The minimum atomic E-state index is -1.67. The standard InChI is InChI=1S/C14H26OSi/c1-8-10-11-12-13(9-2)15-16(6,7)14(3,4)5/h1,9,13H,2,10-12H2,3-7H3/t13-/m1/s1. The Balaban J connectivity index is 4.32. The van der Waals surface area contributed by atoms with Gasteiger partial charge in [-0.05, 0) is 31.0 Å². The first-order valence-corrected chi connectivity index (χ1v) is 8.89. The number of hydrogen-bond donors (Lipinski definition) is 0. The van der Waals surface area contributed by atoms with Gasteiger partial charge in [-0.1, -0.05) is 26.8 Å². The van der Waals surface area contributed by atoms with Crippen molar-refractivity contribution in [1.29, 1.82) is 0 Å². The van der Waals surface area contributed by atoms with Gasteiger partial charge in [0.1, 0.15) is 0 Å². The van der Waals surface area contributed by atoms with Gasteiger partial charge in [0.05, 0.1) is 6.10 Å². The third kappa shape index (κ3) is 5.00. The smallest absolute Gasteiger partial charge is 0.192 e. The summed E-state index contributed by atoms with van der Waals surface area (Å²) >= 11 is 0. The van der Waals surface area contributed by atoms with Crippen LogP contribution in [0.1, 0.15) is 40.0 Å². The Hall–Kier alpha value is -0.523. The number of unbranched alkanes of at least 4 members (excludes halogenated alkanes) is 1. The SMILES string of the molecule is C#CCCC[C@@H](C=C)O[Si](C)(C)C(C)(C)C. The molecule has 0 saturated carbocycles. The third-order valence-corrected chi connectivity index (χ3v) is 7.83. The molecule has 0 spiro atoms. The van der Waals surface area contributed by atoms with Gasteiger partial charge in [-0.3, -0.25) is 0 Å². The molecule has 16 heavy (non-hydrogen) atoms. The van der Waals surface area contributed by atoms with Gasteiger partial charge in [0.25, 0.3) is 0 Å². The lowest BCUT2D eigenvalue weighted by atomic mass is 10.1. The maximum atomic E-state index is 6.25. The van der Waals surface area contributed by atoms with Crippen molar-refractivity contribution in [3.8, 4) is 12.3 Å². The van der Waals surface area contributed by atoms with Crippen LogP contribution in [0.2, 0.25) is 18.1 Å². The van der Waals surface area contributed by atoms with Gasteiger partial charge >= 0.3 is 0 Å². The highest BCUT2D eigenvalue weighted by Crippen LogP contribution is 2.37. The molecule has 0 radical (unpaired) electrons. The maximum absolute atomic E-state index is 6.25. The summed E-state index contributed by atoms with van der Waals surface area (Å²) in [6.07, 6.45) is 10.1. The highest BCUT2D eigenvalue weighted by atomic mass is 28.4. The fourth-order valence-electron chi connectivity index (χ4n) is 1.19. The Morgan fingerprint density at radius 3 is 2.38 bits per heavy atom. The lowest BCUT2D eigenvalue weighted by Gasteiger charge is -2.38. The normalized spacial score (nSPS) is 14.2. The largest absolute Gasteiger partial charge is 0.411 e. The van der Waals surface area contributed by atoms with Gasteiger partial charge in [0.15, 0.2) is 8.32 Å². The van der Waals surface area contributed by atoms with Crippen LogP contribution in [0.25, 0.3) is 0 Å². The van der Waals surface area contributed by atoms with Gasteiger partial charge in [0, 0.05) is 6.42 Å². The molecule has 0 heterocycles. The van der Waals surface area contributed by atoms with Gasteiger partial charge < -0.3 is 4.43 Å². The van der Waals surface area contributed by atoms with E-state index in [1.807, 2.05) is 6.08 Å². The Labute approximate surface area is 102 Å². The van der Waals surface area contributed by atoms with Gasteiger partial charge in [0.2, 0.25) is 0 Å². The lowest BCUT2D eigenvalue weighted by molar-refractivity contribution is 0.213. The van der Waals surface area contributed by atoms with Crippen molar-refractivity contribution in [2.75, 3.05) is 0 Å². The molecule has 0 aromatic rings. The van der Waals surface area contributed by atoms with E-state index in [-0.39, 0.29) is 11.1 Å². The van der Waals surface area contributed by atoms with E-state index in [1.165, 1.54) is 0 Å². The van der Waals surface area contributed by atoms with Crippen molar-refractivity contribution in [1.82, 2.24) is 0 Å². The Kier molecular flexibility index (Phi) is 6.07. The molecule has 0 aliphatic carbocycles. The van der Waals surface area contributed by atoms with E-state index in [2.05, 4.69) is 46.4 Å². The van der Waals surface area contributed by atoms with E-state index in [9.17, 15) is 0 Å². The molecule has 1 nitrogen and oxygen atoms in total. The zero-order valence-corrected chi connectivity index (χ0v) is 12.5. The van der Waals surface area contributed by atoms with Gasteiger partial charge in [-0.2, -0.15) is 0 Å². The summed E-state index contributed by atoms with van der Waals surface area (Å²) in [4.78, 5) is 0. The van der Waals surface area contributed by atoms with Crippen molar-refractivity contribution in [2.45, 2.75) is 64.3 Å². The Bertz CT molecular complexity index is 255. The zero-order valence-electron chi connectivity index (χ0n) is 11.5. The first kappa shape index (κ1) is 15.5. The molecular formula is C14H26OSi. The topological polar surface area (TPSA) is 9.23 Å². The predicted octanol–water partition coefficient (Wildman–Crippen LogP) is 4.37. The first-order chi connectivity index (χ1) is 7.24. The second-order valence-corrected chi connectivity index (χ2v) is 10.5. The second-order valence-electron chi connectivity index (χ2n) is 5.75. The molecule has 0 aliphatic rings. The third-order valence-electron chi connectivity index (χ3n) is 3.32. The number of hydrogen-bond acceptors (Lipinski definition) is 1. The molecule has 0 aromatic heterocycles. The summed E-state index contributed by atoms with van der Waals surface area (Å²) < 4.78 is 6.25. The Morgan fingerprint density at radius 1 is 1.44 bits per heavy atom. The molecule has 0 saturated heterocycles. The lowest BCUT2D eigenvalue weighted by Crippen LogP contribution is -2.43. The second kappa shape index (κ2) is 6.27. The molecule has 0 unspecified atom stereocenters. The van der Waals surface area contributed by atoms with Crippen molar-refractivity contribution < 1.29 is 4.43 Å². The monoisotopic (exact) mass is 238 g/mol. The molecule has 0 aromatic carbocycles. The summed E-state index contributed by atoms with van der Waals surface area (Å²) in [5, 5.41) is 0.250. The molecule has 0 aliphatic heterocycles. The highest BCUT2D eigenvalue weighted by Gasteiger charge is 2.38. The van der Waals surface area contributed by atoms with Gasteiger partial charge in [-0.15, -0.1) is 18.9 Å². The summed E-state index contributed by atoms with van der Waals surface area (Å²) in [5.74, 6) is 2.66. The average molecular weight is 238 g/mol. The van der Waals surface area contributed by atoms with Crippen LogP contribution in [-0.4, -0.2) is 14.4 Å². The van der Waals surface area contributed by atoms with Crippen molar-refractivity contribution in [3.05, 3.63) is 12.7 Å². The van der Waals surface area contributed by atoms with Crippen molar-refractivity contribution in [2.24, 2.45) is 0 Å². The van der Waals surface area contributed by atoms with Crippen LogP contribution in [0.15, 0.2) is 12.7 Å². The van der Waals surface area contributed by atoms with Crippen LogP contribution >= 0.6 is 0 Å². The van der Waals surface area contributed by atoms with Crippen LogP contribution in [0, 0.1) is 12.3 Å². The summed E-state index contributed by atoms with van der Waals surface area (Å²) in [6, 6.07) is 0. The zero-order chi connectivity index (χ0) is 12.8. The summed E-state index contributed by atoms with van der Waals surface area (Å²) in [5.41, 5.74) is 0. The molecule has 2 heteroatoms. The molecule has 0 fully saturated rings. The van der Waals surface area contributed by atoms with Crippen LogP contribution in [0.3, 0.4) is 0 Å². The van der Waals surface area contributed by atoms with E-state index in [1.54, 1.807) is 0 Å². The van der Waals surface area contributed by atoms with E-state index in [4.69, 9.17) is 10.8 Å². The number of rotatable bonds is 6. The number of terminal acetylenes is 1. The van der Waals surface area contributed by atoms with E-state index >= 15 is 0 Å². The van der Waals surface area contributed by atoms with Crippen LogP contribution in [0.5, 0.6) is 0 Å². The van der Waals surface area contributed by atoms with Crippen molar-refractivity contribution in [3.63, 3.8) is 0 Å². The van der Waals surface area contributed by atoms with E-state index in [0.717, 1.165) is 19.3 Å². The minimum absolute atomic E-state index is 0.161. The highest BCUT2D eigenvalue weighted by molar-refractivity contribution is 6.74. The van der Waals surface area contributed by atoms with E-state index in [0.29, 0.717) is 0 Å². The average Bonchev–Trinajstić information content (AvgIpc) is 2.14.